The van der Waals surface area contributed by atoms with Crippen molar-refractivity contribution < 1.29 is 0 Å². The van der Waals surface area contributed by atoms with Gasteiger partial charge in [-0.1, -0.05) is 12.8 Å². The molecule has 0 aromatic carbocycles. The van der Waals surface area contributed by atoms with Crippen LogP contribution >= 0.6 is 0 Å². The highest BCUT2D eigenvalue weighted by Gasteiger charge is 2.25. The smallest absolute Gasteiger partial charge is 0.268 e. The van der Waals surface area contributed by atoms with Gasteiger partial charge in [0, 0.05) is 13.1 Å². The van der Waals surface area contributed by atoms with Crippen molar-refractivity contribution >= 4 is 0 Å². The number of hydrogen-bond donors (Lipinski definition) is 2. The van der Waals surface area contributed by atoms with E-state index >= 15 is 0 Å². The zero-order valence-corrected chi connectivity index (χ0v) is 8.18. The number of fused-ring (bicyclic) bond motifs is 1. The first-order valence-corrected chi connectivity index (χ1v) is 5.39. The van der Waals surface area contributed by atoms with Crippen molar-refractivity contribution in [3.05, 3.63) is 21.6 Å². The maximum Gasteiger partial charge on any atom is 0.268 e. The number of H-pyrrole nitrogens is 1. The first-order valence-electron chi connectivity index (χ1n) is 5.39. The molecule has 0 spiro atoms. The van der Waals surface area contributed by atoms with E-state index in [9.17, 15) is 4.79 Å². The van der Waals surface area contributed by atoms with Crippen molar-refractivity contribution in [3.8, 4) is 0 Å². The Morgan fingerprint density at radius 1 is 1.21 bits per heavy atom. The molecule has 0 amide bonds. The minimum Gasteiger partial charge on any atom is -0.307 e. The minimum absolute atomic E-state index is 0.108. The van der Waals surface area contributed by atoms with Crippen LogP contribution in [0.3, 0.4) is 0 Å². The van der Waals surface area contributed by atoms with Gasteiger partial charge in [-0.15, -0.1) is 0 Å². The normalized spacial score (nSPS) is 21.7. The van der Waals surface area contributed by atoms with Crippen LogP contribution in [0.15, 0.2) is 4.79 Å². The number of rotatable bonds is 1. The Morgan fingerprint density at radius 2 is 2.00 bits per heavy atom. The highest BCUT2D eigenvalue weighted by atomic mass is 16.1. The standard InChI is InChI=1S/C10H15N3O/c14-10-8-5-11-6-9(8)13(12-10)7-3-1-2-4-7/h7,11H,1-6H2,(H,12,14). The molecule has 1 aromatic heterocycles. The Morgan fingerprint density at radius 3 is 2.79 bits per heavy atom. The van der Waals surface area contributed by atoms with Crippen molar-refractivity contribution in [2.75, 3.05) is 0 Å². The number of aromatic amines is 1. The summed E-state index contributed by atoms with van der Waals surface area (Å²) in [6.07, 6.45) is 5.04. The summed E-state index contributed by atoms with van der Waals surface area (Å²) in [5.74, 6) is 0. The summed E-state index contributed by atoms with van der Waals surface area (Å²) in [5.41, 5.74) is 2.26. The number of nitrogens with zero attached hydrogens (tertiary/aromatic N) is 1. The lowest BCUT2D eigenvalue weighted by molar-refractivity contribution is 0.445. The molecule has 76 valence electrons. The van der Waals surface area contributed by atoms with E-state index < -0.39 is 0 Å². The van der Waals surface area contributed by atoms with Gasteiger partial charge in [0.25, 0.3) is 5.56 Å². The predicted molar refractivity (Wildman–Crippen MR) is 53.1 cm³/mol. The van der Waals surface area contributed by atoms with Gasteiger partial charge in [-0.2, -0.15) is 0 Å². The monoisotopic (exact) mass is 193 g/mol. The molecule has 0 atom stereocenters. The SMILES string of the molecule is O=c1[nH]n(C2CCCC2)c2c1CNC2. The van der Waals surface area contributed by atoms with Crippen LogP contribution in [0.2, 0.25) is 0 Å². The molecule has 0 unspecified atom stereocenters. The maximum absolute atomic E-state index is 11.6. The highest BCUT2D eigenvalue weighted by Crippen LogP contribution is 2.30. The lowest BCUT2D eigenvalue weighted by atomic mass is 10.2. The summed E-state index contributed by atoms with van der Waals surface area (Å²) >= 11 is 0. The van der Waals surface area contributed by atoms with E-state index in [4.69, 9.17) is 0 Å². The molecular weight excluding hydrogens is 178 g/mol. The third kappa shape index (κ3) is 1.07. The largest absolute Gasteiger partial charge is 0.307 e. The Hall–Kier alpha value is -1.03. The zero-order valence-electron chi connectivity index (χ0n) is 8.18. The van der Waals surface area contributed by atoms with Gasteiger partial charge in [0.15, 0.2) is 0 Å². The summed E-state index contributed by atoms with van der Waals surface area (Å²) < 4.78 is 2.12. The average molecular weight is 193 g/mol. The van der Waals surface area contributed by atoms with E-state index in [1.54, 1.807) is 0 Å². The third-order valence-corrected chi connectivity index (χ3v) is 3.42. The van der Waals surface area contributed by atoms with Crippen molar-refractivity contribution in [2.24, 2.45) is 0 Å². The fourth-order valence-electron chi connectivity index (χ4n) is 2.68. The molecule has 0 saturated heterocycles. The van der Waals surface area contributed by atoms with Crippen molar-refractivity contribution in [3.63, 3.8) is 0 Å². The summed E-state index contributed by atoms with van der Waals surface area (Å²) in [4.78, 5) is 11.6. The molecule has 2 N–H and O–H groups in total. The van der Waals surface area contributed by atoms with Crippen LogP contribution < -0.4 is 10.9 Å². The van der Waals surface area contributed by atoms with Crippen LogP contribution in [0, 0.1) is 0 Å². The fourth-order valence-corrected chi connectivity index (χ4v) is 2.68. The molecule has 1 fully saturated rings. The Kier molecular flexibility index (Phi) is 1.77. The topological polar surface area (TPSA) is 49.8 Å². The van der Waals surface area contributed by atoms with Crippen molar-refractivity contribution in [2.45, 2.75) is 44.8 Å². The molecule has 0 bridgehead atoms. The number of aromatic nitrogens is 2. The fraction of sp³-hybridized carbons (Fsp3) is 0.700. The van der Waals surface area contributed by atoms with Gasteiger partial charge in [-0.25, -0.2) is 0 Å². The van der Waals surface area contributed by atoms with E-state index in [1.807, 2.05) is 0 Å². The van der Waals surface area contributed by atoms with Crippen LogP contribution in [0.1, 0.15) is 43.0 Å². The highest BCUT2D eigenvalue weighted by molar-refractivity contribution is 5.22. The molecule has 3 rings (SSSR count). The first-order chi connectivity index (χ1) is 6.86. The number of hydrogen-bond acceptors (Lipinski definition) is 2. The third-order valence-electron chi connectivity index (χ3n) is 3.42. The van der Waals surface area contributed by atoms with Crippen molar-refractivity contribution in [1.82, 2.24) is 15.1 Å². The molecule has 0 radical (unpaired) electrons. The molecule has 14 heavy (non-hydrogen) atoms. The van der Waals surface area contributed by atoms with Gasteiger partial charge in [0.2, 0.25) is 0 Å². The molecule has 1 aliphatic carbocycles. The van der Waals surface area contributed by atoms with E-state index in [0.29, 0.717) is 6.04 Å². The van der Waals surface area contributed by atoms with E-state index in [0.717, 1.165) is 18.7 Å². The quantitative estimate of drug-likeness (QED) is 0.696. The second-order valence-corrected chi connectivity index (χ2v) is 4.28. The van der Waals surface area contributed by atoms with E-state index in [-0.39, 0.29) is 5.56 Å². The van der Waals surface area contributed by atoms with Crippen molar-refractivity contribution in [1.29, 1.82) is 0 Å². The van der Waals surface area contributed by atoms with E-state index in [1.165, 1.54) is 31.4 Å². The molecule has 1 aliphatic heterocycles. The minimum atomic E-state index is 0.108. The molecule has 4 nitrogen and oxygen atoms in total. The lowest BCUT2D eigenvalue weighted by Gasteiger charge is -2.13. The molecule has 2 aliphatic rings. The molecule has 4 heteroatoms. The van der Waals surface area contributed by atoms with Gasteiger partial charge in [0.1, 0.15) is 0 Å². The Labute approximate surface area is 82.3 Å². The Balaban J connectivity index is 2.05. The predicted octanol–water partition coefficient (Wildman–Crippen LogP) is 0.895. The van der Waals surface area contributed by atoms with E-state index in [2.05, 4.69) is 15.1 Å². The molecule has 1 aromatic rings. The first kappa shape index (κ1) is 8.29. The van der Waals surface area contributed by atoms with Crippen LogP contribution in [-0.2, 0) is 13.1 Å². The lowest BCUT2D eigenvalue weighted by Crippen LogP contribution is -2.17. The second-order valence-electron chi connectivity index (χ2n) is 4.28. The Bertz CT molecular complexity index is 398. The van der Waals surface area contributed by atoms with Crippen LogP contribution in [-0.4, -0.2) is 9.78 Å². The van der Waals surface area contributed by atoms with Gasteiger partial charge in [-0.05, 0) is 12.8 Å². The second kappa shape index (κ2) is 2.98. The summed E-state index contributed by atoms with van der Waals surface area (Å²) in [5, 5.41) is 6.21. The van der Waals surface area contributed by atoms with Gasteiger partial charge in [-0.3, -0.25) is 14.6 Å². The molecular formula is C10H15N3O. The van der Waals surface area contributed by atoms with Gasteiger partial charge in [0.05, 0.1) is 17.3 Å². The van der Waals surface area contributed by atoms with Crippen LogP contribution in [0.4, 0.5) is 0 Å². The van der Waals surface area contributed by atoms with Gasteiger partial charge >= 0.3 is 0 Å². The van der Waals surface area contributed by atoms with Crippen LogP contribution in [0.5, 0.6) is 0 Å². The molecule has 2 heterocycles. The van der Waals surface area contributed by atoms with Crippen LogP contribution in [0.25, 0.3) is 0 Å². The zero-order chi connectivity index (χ0) is 9.54. The number of nitrogens with one attached hydrogen (secondary N) is 2. The average Bonchev–Trinajstić information content (AvgIpc) is 2.84. The summed E-state index contributed by atoms with van der Waals surface area (Å²) in [6, 6.07) is 0.548. The van der Waals surface area contributed by atoms with Gasteiger partial charge < -0.3 is 5.32 Å². The maximum atomic E-state index is 11.6. The summed E-state index contributed by atoms with van der Waals surface area (Å²) in [7, 11) is 0. The summed E-state index contributed by atoms with van der Waals surface area (Å²) in [6.45, 7) is 1.59. The molecule has 1 saturated carbocycles.